The third-order valence-electron chi connectivity index (χ3n) is 13.2. The van der Waals surface area contributed by atoms with E-state index < -0.39 is 15.2 Å². The largest absolute Gasteiger partial charge is 0.489 e. The first-order chi connectivity index (χ1) is 28.1. The van der Waals surface area contributed by atoms with Crippen molar-refractivity contribution in [1.29, 1.82) is 0 Å². The molecule has 0 atom stereocenters. The number of hydrogen-bond acceptors (Lipinski definition) is 2. The Morgan fingerprint density at radius 3 is 1.51 bits per heavy atom. The average Bonchev–Trinajstić information content (AvgIpc) is 3.45. The quantitative estimate of drug-likeness (QED) is 0.100. The van der Waals surface area contributed by atoms with Crippen LogP contribution in [-0.4, -0.2) is 25.2 Å². The van der Waals surface area contributed by atoms with E-state index in [1.807, 2.05) is 0 Å². The Morgan fingerprint density at radius 2 is 0.932 bits per heavy atom. The summed E-state index contributed by atoms with van der Waals surface area (Å²) >= 11 is 0. The maximum absolute atomic E-state index is 11.1. The van der Waals surface area contributed by atoms with Crippen molar-refractivity contribution in [2.24, 2.45) is 0 Å². The zero-order valence-electron chi connectivity index (χ0n) is 35.6. The van der Waals surface area contributed by atoms with E-state index in [2.05, 4.69) is 219 Å². The fourth-order valence-electron chi connectivity index (χ4n) is 10.0. The average molecular weight is 785 g/mol. The third kappa shape index (κ3) is 6.23. The van der Waals surface area contributed by atoms with Crippen molar-refractivity contribution in [1.82, 2.24) is 0 Å². The molecule has 1 aliphatic carbocycles. The van der Waals surface area contributed by atoms with Gasteiger partial charge in [-0.3, -0.25) is 0 Å². The molecular formula is C55H53BO2Si. The van der Waals surface area contributed by atoms with Crippen LogP contribution in [0.1, 0.15) is 77.6 Å². The number of rotatable bonds is 6. The molecule has 0 saturated carbocycles. The predicted octanol–water partition coefficient (Wildman–Crippen LogP) is 9.62. The second kappa shape index (κ2) is 14.1. The minimum Gasteiger partial charge on any atom is -0.423 e. The van der Waals surface area contributed by atoms with Crippen molar-refractivity contribution >= 4 is 62.9 Å². The van der Waals surface area contributed by atoms with Gasteiger partial charge in [0, 0.05) is 5.41 Å². The van der Waals surface area contributed by atoms with E-state index in [1.165, 1.54) is 48.6 Å². The molecule has 8 aromatic rings. The summed E-state index contributed by atoms with van der Waals surface area (Å²) in [4.78, 5) is 0. The van der Waals surface area contributed by atoms with E-state index in [1.54, 1.807) is 0 Å². The lowest BCUT2D eigenvalue weighted by molar-refractivity contribution is 0.426. The van der Waals surface area contributed by atoms with Crippen molar-refractivity contribution in [2.75, 3.05) is 0 Å². The van der Waals surface area contributed by atoms with Crippen LogP contribution in [0.5, 0.6) is 0 Å². The number of fused-ring (bicyclic) bond motifs is 5. The normalized spacial score (nSPS) is 13.7. The van der Waals surface area contributed by atoms with E-state index in [-0.39, 0.29) is 16.2 Å². The van der Waals surface area contributed by atoms with E-state index in [9.17, 15) is 10.0 Å². The molecule has 0 amide bonds. The van der Waals surface area contributed by atoms with Gasteiger partial charge in [-0.25, -0.2) is 0 Å². The van der Waals surface area contributed by atoms with Crippen molar-refractivity contribution in [3.8, 4) is 22.3 Å². The highest BCUT2D eigenvalue weighted by molar-refractivity contribution is 7.20. The fourth-order valence-corrected chi connectivity index (χ4v) is 14.7. The fraction of sp³-hybridized carbons (Fsp3) is 0.200. The molecule has 2 N–H and O–H groups in total. The monoisotopic (exact) mass is 784 g/mol. The molecule has 0 unspecified atom stereocenters. The van der Waals surface area contributed by atoms with E-state index in [0.717, 1.165) is 38.2 Å². The molecular weight excluding hydrogens is 732 g/mol. The molecule has 0 fully saturated rings. The van der Waals surface area contributed by atoms with E-state index >= 15 is 0 Å². The van der Waals surface area contributed by atoms with Gasteiger partial charge in [0.15, 0.2) is 8.07 Å². The minimum absolute atomic E-state index is 0.0799. The van der Waals surface area contributed by atoms with Gasteiger partial charge in [-0.15, -0.1) is 0 Å². The van der Waals surface area contributed by atoms with Gasteiger partial charge in [0.1, 0.15) is 0 Å². The van der Waals surface area contributed by atoms with Crippen molar-refractivity contribution in [3.05, 3.63) is 186 Å². The Labute approximate surface area is 351 Å². The Balaban J connectivity index is 1.34. The van der Waals surface area contributed by atoms with Gasteiger partial charge < -0.3 is 10.0 Å². The summed E-state index contributed by atoms with van der Waals surface area (Å²) in [6.45, 7) is 18.0. The standard InChI is InChI=1S/C55H53BO2Si/c1-53(2,3)37-26-31-45-47(33-37)51(44-30-25-38(54(4,5)6)34-48(44)52(45)56(57)58)36-23-27-41(28-24-36)59(39-17-11-9-12-18-39,40-19-13-10-14-20-40)42-29-32-50-46(35-42)43-21-15-16-22-49(43)55(50,7)8/h9-35,57-58H,1-8H3. The second-order valence-corrected chi connectivity index (χ2v) is 23.0. The summed E-state index contributed by atoms with van der Waals surface area (Å²) in [5.74, 6) is 0. The third-order valence-corrected chi connectivity index (χ3v) is 18.0. The topological polar surface area (TPSA) is 40.5 Å². The van der Waals surface area contributed by atoms with Crippen LogP contribution >= 0.6 is 0 Å². The Hall–Kier alpha value is -5.52. The van der Waals surface area contributed by atoms with Gasteiger partial charge in [-0.1, -0.05) is 213 Å². The Morgan fingerprint density at radius 1 is 0.441 bits per heavy atom. The zero-order valence-corrected chi connectivity index (χ0v) is 36.6. The Bertz CT molecular complexity index is 2840. The lowest BCUT2D eigenvalue weighted by Crippen LogP contribution is -2.74. The lowest BCUT2D eigenvalue weighted by Gasteiger charge is -2.35. The lowest BCUT2D eigenvalue weighted by atomic mass is 9.70. The SMILES string of the molecule is CC(C)(C)c1ccc2c(-c3ccc([Si](c4ccccc4)(c4ccccc4)c4ccc5c(c4)-c4ccccc4C5(C)C)cc3)c3cc(C(C)(C)C)ccc3c(B(O)O)c2c1. The van der Waals surface area contributed by atoms with Crippen molar-refractivity contribution in [3.63, 3.8) is 0 Å². The maximum atomic E-state index is 11.1. The molecule has 0 bridgehead atoms. The first-order valence-electron chi connectivity index (χ1n) is 21.0. The molecule has 9 rings (SSSR count). The second-order valence-electron chi connectivity index (χ2n) is 19.2. The van der Waals surface area contributed by atoms with Crippen LogP contribution in [0.4, 0.5) is 0 Å². The highest BCUT2D eigenvalue weighted by Gasteiger charge is 2.43. The summed E-state index contributed by atoms with van der Waals surface area (Å²) < 4.78 is 0. The molecule has 0 saturated heterocycles. The molecule has 1 aliphatic rings. The van der Waals surface area contributed by atoms with Gasteiger partial charge in [0.05, 0.1) is 0 Å². The number of benzene rings is 8. The van der Waals surface area contributed by atoms with Crippen LogP contribution in [0.25, 0.3) is 43.8 Å². The van der Waals surface area contributed by atoms with E-state index in [4.69, 9.17) is 0 Å². The van der Waals surface area contributed by atoms with Crippen LogP contribution in [-0.2, 0) is 16.2 Å². The van der Waals surface area contributed by atoms with Crippen LogP contribution < -0.4 is 26.2 Å². The first-order valence-corrected chi connectivity index (χ1v) is 23.0. The molecule has 0 aliphatic heterocycles. The molecule has 0 spiro atoms. The molecule has 0 aromatic heterocycles. The predicted molar refractivity (Wildman–Crippen MR) is 255 cm³/mol. The van der Waals surface area contributed by atoms with Crippen LogP contribution in [0.2, 0.25) is 0 Å². The van der Waals surface area contributed by atoms with Crippen molar-refractivity contribution in [2.45, 2.75) is 71.6 Å². The highest BCUT2D eigenvalue weighted by Crippen LogP contribution is 2.48. The molecule has 4 heteroatoms. The number of hydrogen-bond donors (Lipinski definition) is 2. The Kier molecular flexibility index (Phi) is 9.28. The van der Waals surface area contributed by atoms with Gasteiger partial charge in [-0.2, -0.15) is 0 Å². The van der Waals surface area contributed by atoms with Crippen molar-refractivity contribution < 1.29 is 10.0 Å². The molecule has 292 valence electrons. The van der Waals surface area contributed by atoms with Gasteiger partial charge in [-0.05, 0) is 109 Å². The van der Waals surface area contributed by atoms with Crippen LogP contribution in [0, 0.1) is 0 Å². The minimum atomic E-state index is -2.89. The molecule has 8 aromatic carbocycles. The molecule has 0 radical (unpaired) electrons. The van der Waals surface area contributed by atoms with Gasteiger partial charge in [0.2, 0.25) is 0 Å². The van der Waals surface area contributed by atoms with Crippen LogP contribution in [0.3, 0.4) is 0 Å². The van der Waals surface area contributed by atoms with Crippen LogP contribution in [0.15, 0.2) is 164 Å². The molecule has 0 heterocycles. The summed E-state index contributed by atoms with van der Waals surface area (Å²) in [5, 5.41) is 31.2. The van der Waals surface area contributed by atoms with Gasteiger partial charge >= 0.3 is 7.12 Å². The molecule has 2 nitrogen and oxygen atoms in total. The summed E-state index contributed by atoms with van der Waals surface area (Å²) in [6, 6.07) is 61.1. The van der Waals surface area contributed by atoms with E-state index in [0.29, 0.717) is 5.46 Å². The van der Waals surface area contributed by atoms with Gasteiger partial charge in [0.25, 0.3) is 0 Å². The maximum Gasteiger partial charge on any atom is 0.489 e. The molecule has 59 heavy (non-hydrogen) atoms. The summed E-state index contributed by atoms with van der Waals surface area (Å²) in [6.07, 6.45) is 0. The smallest absolute Gasteiger partial charge is 0.423 e. The summed E-state index contributed by atoms with van der Waals surface area (Å²) in [7, 11) is -4.52. The zero-order chi connectivity index (χ0) is 41.5. The summed E-state index contributed by atoms with van der Waals surface area (Å²) in [5.41, 5.74) is 10.3. The highest BCUT2D eigenvalue weighted by atomic mass is 28.3. The first kappa shape index (κ1) is 39.0.